The average molecular weight is 290 g/mol. The van der Waals surface area contributed by atoms with Crippen molar-refractivity contribution < 1.29 is 22.4 Å². The van der Waals surface area contributed by atoms with Gasteiger partial charge in [0.2, 0.25) is 5.78 Å². The number of carbonyl (C=O) groups is 1. The Balaban J connectivity index is 2.13. The van der Waals surface area contributed by atoms with Gasteiger partial charge in [-0.05, 0) is 30.7 Å². The van der Waals surface area contributed by atoms with Crippen molar-refractivity contribution in [1.29, 1.82) is 0 Å². The number of hydrogen-bond acceptors (Lipinski definition) is 2. The van der Waals surface area contributed by atoms with E-state index in [0.29, 0.717) is 17.0 Å². The molecule has 0 fully saturated rings. The number of ketones is 1. The molecule has 3 aromatic rings. The third kappa shape index (κ3) is 2.11. The smallest absolute Gasteiger partial charge is 0.231 e. The van der Waals surface area contributed by atoms with Gasteiger partial charge in [0, 0.05) is 5.39 Å². The van der Waals surface area contributed by atoms with Crippen molar-refractivity contribution in [2.24, 2.45) is 0 Å². The minimum Gasteiger partial charge on any atom is -0.452 e. The van der Waals surface area contributed by atoms with E-state index in [1.54, 1.807) is 25.1 Å². The van der Waals surface area contributed by atoms with Crippen LogP contribution in [0.15, 0.2) is 40.8 Å². The molecule has 106 valence electrons. The summed E-state index contributed by atoms with van der Waals surface area (Å²) in [6, 6.07) is 8.39. The molecule has 2 nitrogen and oxygen atoms in total. The van der Waals surface area contributed by atoms with Crippen molar-refractivity contribution in [3.8, 4) is 0 Å². The zero-order valence-electron chi connectivity index (χ0n) is 10.9. The number of fused-ring (bicyclic) bond motifs is 1. The summed E-state index contributed by atoms with van der Waals surface area (Å²) in [6.45, 7) is 1.80. The maximum atomic E-state index is 13.7. The molecule has 5 heteroatoms. The lowest BCUT2D eigenvalue weighted by molar-refractivity contribution is 0.101. The molecule has 21 heavy (non-hydrogen) atoms. The highest BCUT2D eigenvalue weighted by molar-refractivity contribution is 6.09. The minimum absolute atomic E-state index is 0.121. The molecule has 0 aliphatic rings. The van der Waals surface area contributed by atoms with Crippen molar-refractivity contribution in [2.45, 2.75) is 6.92 Å². The number of carbonyl (C=O) groups excluding carboxylic acids is 1. The average Bonchev–Trinajstić information content (AvgIpc) is 2.90. The van der Waals surface area contributed by atoms with Crippen LogP contribution in [0.3, 0.4) is 0 Å². The molecular weight excluding hydrogens is 281 g/mol. The highest BCUT2D eigenvalue weighted by Crippen LogP contribution is 2.25. The van der Waals surface area contributed by atoms with E-state index < -0.39 is 28.8 Å². The predicted molar refractivity (Wildman–Crippen MR) is 70.7 cm³/mol. The number of rotatable bonds is 2. The molecule has 0 saturated heterocycles. The van der Waals surface area contributed by atoms with Crippen LogP contribution in [0, 0.1) is 24.4 Å². The Labute approximate surface area is 117 Å². The first-order valence-electron chi connectivity index (χ1n) is 6.16. The van der Waals surface area contributed by atoms with Crippen LogP contribution in [0.25, 0.3) is 11.0 Å². The second-order valence-corrected chi connectivity index (χ2v) is 4.66. The number of halogens is 3. The summed E-state index contributed by atoms with van der Waals surface area (Å²) in [5, 5.41) is 0.682. The van der Waals surface area contributed by atoms with Crippen LogP contribution in [0.1, 0.15) is 21.7 Å². The molecule has 3 rings (SSSR count). The third-order valence-corrected chi connectivity index (χ3v) is 3.24. The minimum atomic E-state index is -1.67. The van der Waals surface area contributed by atoms with Crippen molar-refractivity contribution in [1.82, 2.24) is 0 Å². The third-order valence-electron chi connectivity index (χ3n) is 3.24. The first kappa shape index (κ1) is 13.4. The molecule has 0 amide bonds. The Morgan fingerprint density at radius 1 is 1.05 bits per heavy atom. The van der Waals surface area contributed by atoms with Gasteiger partial charge in [-0.2, -0.15) is 0 Å². The molecule has 2 aromatic carbocycles. The first-order valence-corrected chi connectivity index (χ1v) is 6.16. The summed E-state index contributed by atoms with van der Waals surface area (Å²) in [5.41, 5.74) is 0.756. The standard InChI is InChI=1S/C16H9F3O2/c1-8-3-2-4-9-7-12(21-16(8)9)15(20)10-5-6-11(17)14(19)13(10)18/h2-7H,1H3. The lowest BCUT2D eigenvalue weighted by Gasteiger charge is -2.01. The van der Waals surface area contributed by atoms with Gasteiger partial charge in [-0.25, -0.2) is 13.2 Å². The molecule has 0 unspecified atom stereocenters. The van der Waals surface area contributed by atoms with Gasteiger partial charge in [0.25, 0.3) is 0 Å². The molecule has 0 aliphatic heterocycles. The SMILES string of the molecule is Cc1cccc2cc(C(=O)c3ccc(F)c(F)c3F)oc12. The van der Waals surface area contributed by atoms with Gasteiger partial charge in [0.1, 0.15) is 5.58 Å². The monoisotopic (exact) mass is 290 g/mol. The summed E-state index contributed by atoms with van der Waals surface area (Å²) in [5.74, 6) is -5.49. The molecule has 0 N–H and O–H groups in total. The Morgan fingerprint density at radius 2 is 1.81 bits per heavy atom. The van der Waals surface area contributed by atoms with E-state index in [1.807, 2.05) is 0 Å². The van der Waals surface area contributed by atoms with Crippen LogP contribution in [0.5, 0.6) is 0 Å². The zero-order valence-corrected chi connectivity index (χ0v) is 10.9. The zero-order chi connectivity index (χ0) is 15.1. The first-order chi connectivity index (χ1) is 9.99. The van der Waals surface area contributed by atoms with Gasteiger partial charge in [-0.1, -0.05) is 18.2 Å². The second-order valence-electron chi connectivity index (χ2n) is 4.66. The highest BCUT2D eigenvalue weighted by atomic mass is 19.2. The molecule has 0 bridgehead atoms. The van der Waals surface area contributed by atoms with Gasteiger partial charge in [0.15, 0.2) is 23.2 Å². The Hall–Kier alpha value is -2.56. The molecule has 0 atom stereocenters. The van der Waals surface area contributed by atoms with Gasteiger partial charge in [0.05, 0.1) is 5.56 Å². The second kappa shape index (κ2) is 4.77. The fraction of sp³-hybridized carbons (Fsp3) is 0.0625. The predicted octanol–water partition coefficient (Wildman–Crippen LogP) is 4.39. The summed E-state index contributed by atoms with van der Waals surface area (Å²) < 4.78 is 45.2. The topological polar surface area (TPSA) is 30.2 Å². The lowest BCUT2D eigenvalue weighted by Crippen LogP contribution is -2.06. The fourth-order valence-corrected chi connectivity index (χ4v) is 2.15. The maximum Gasteiger partial charge on any atom is 0.231 e. The van der Waals surface area contributed by atoms with E-state index in [-0.39, 0.29) is 5.76 Å². The Kier molecular flexibility index (Phi) is 3.05. The van der Waals surface area contributed by atoms with Crippen LogP contribution in [-0.2, 0) is 0 Å². The quantitative estimate of drug-likeness (QED) is 0.517. The molecule has 0 spiro atoms. The number of aryl methyl sites for hydroxylation is 1. The molecule has 0 radical (unpaired) electrons. The number of furan rings is 1. The van der Waals surface area contributed by atoms with Gasteiger partial charge >= 0.3 is 0 Å². The van der Waals surface area contributed by atoms with E-state index in [4.69, 9.17) is 4.42 Å². The van der Waals surface area contributed by atoms with E-state index in [2.05, 4.69) is 0 Å². The molecule has 0 saturated carbocycles. The Bertz CT molecular complexity index is 865. The van der Waals surface area contributed by atoms with Crippen LogP contribution in [0.2, 0.25) is 0 Å². The van der Waals surface area contributed by atoms with Gasteiger partial charge < -0.3 is 4.42 Å². The van der Waals surface area contributed by atoms with Crippen molar-refractivity contribution in [3.05, 3.63) is 70.7 Å². The van der Waals surface area contributed by atoms with E-state index in [9.17, 15) is 18.0 Å². The fourth-order valence-electron chi connectivity index (χ4n) is 2.15. The molecule has 0 aliphatic carbocycles. The molecular formula is C16H9F3O2. The van der Waals surface area contributed by atoms with Crippen LogP contribution in [-0.4, -0.2) is 5.78 Å². The lowest BCUT2D eigenvalue weighted by atomic mass is 10.1. The maximum absolute atomic E-state index is 13.7. The van der Waals surface area contributed by atoms with E-state index >= 15 is 0 Å². The van der Waals surface area contributed by atoms with E-state index in [0.717, 1.165) is 11.6 Å². The van der Waals surface area contributed by atoms with Gasteiger partial charge in [-0.15, -0.1) is 0 Å². The molecule has 1 heterocycles. The van der Waals surface area contributed by atoms with E-state index in [1.165, 1.54) is 6.07 Å². The van der Waals surface area contributed by atoms with Crippen molar-refractivity contribution in [2.75, 3.05) is 0 Å². The number of benzene rings is 2. The number of hydrogen-bond donors (Lipinski definition) is 0. The Morgan fingerprint density at radius 3 is 2.52 bits per heavy atom. The van der Waals surface area contributed by atoms with Crippen LogP contribution < -0.4 is 0 Å². The number of para-hydroxylation sites is 1. The van der Waals surface area contributed by atoms with Crippen LogP contribution in [0.4, 0.5) is 13.2 Å². The molecule has 1 aromatic heterocycles. The summed E-state index contributed by atoms with van der Waals surface area (Å²) in [4.78, 5) is 12.2. The van der Waals surface area contributed by atoms with Crippen molar-refractivity contribution in [3.63, 3.8) is 0 Å². The highest BCUT2D eigenvalue weighted by Gasteiger charge is 2.22. The summed E-state index contributed by atoms with van der Waals surface area (Å²) in [6.07, 6.45) is 0. The van der Waals surface area contributed by atoms with Crippen molar-refractivity contribution >= 4 is 16.8 Å². The van der Waals surface area contributed by atoms with Crippen LogP contribution >= 0.6 is 0 Å². The normalized spacial score (nSPS) is 11.0. The summed E-state index contributed by atoms with van der Waals surface area (Å²) >= 11 is 0. The largest absolute Gasteiger partial charge is 0.452 e. The van der Waals surface area contributed by atoms with Gasteiger partial charge in [-0.3, -0.25) is 4.79 Å². The summed E-state index contributed by atoms with van der Waals surface area (Å²) in [7, 11) is 0.